The highest BCUT2D eigenvalue weighted by atomic mass is 15.2. The Labute approximate surface area is 102 Å². The Bertz CT molecular complexity index is 212. The summed E-state index contributed by atoms with van der Waals surface area (Å²) in [6.45, 7) is 12.8. The van der Waals surface area contributed by atoms with E-state index in [1.807, 2.05) is 40.2 Å². The summed E-state index contributed by atoms with van der Waals surface area (Å²) >= 11 is 0. The molecule has 0 spiro atoms. The second kappa shape index (κ2) is 12.3. The fourth-order valence-electron chi connectivity index (χ4n) is 1.24. The molecule has 0 saturated heterocycles. The summed E-state index contributed by atoms with van der Waals surface area (Å²) in [5, 5.41) is 3.93. The smallest absolute Gasteiger partial charge is 0.0518 e. The van der Waals surface area contributed by atoms with E-state index in [4.69, 9.17) is 0 Å². The van der Waals surface area contributed by atoms with Crippen LogP contribution in [0, 0.1) is 12.8 Å². The quantitative estimate of drug-likeness (QED) is 0.737. The number of hydrogen-bond acceptors (Lipinski definition) is 1. The zero-order valence-corrected chi connectivity index (χ0v) is 12.2. The average molecular weight is 226 g/mol. The maximum atomic E-state index is 3.93. The topological polar surface area (TPSA) is 17.8 Å². The third-order valence-corrected chi connectivity index (χ3v) is 2.31. The van der Waals surface area contributed by atoms with Gasteiger partial charge in [-0.1, -0.05) is 53.9 Å². The summed E-state index contributed by atoms with van der Waals surface area (Å²) in [4.78, 5) is 0. The first kappa shape index (κ1) is 17.6. The first-order chi connectivity index (χ1) is 7.60. The zero-order valence-electron chi connectivity index (χ0n) is 12.2. The van der Waals surface area contributed by atoms with Crippen molar-refractivity contribution in [2.24, 2.45) is 13.0 Å². The van der Waals surface area contributed by atoms with Crippen LogP contribution in [0.1, 0.15) is 59.4 Å². The van der Waals surface area contributed by atoms with Crippen LogP contribution in [0.4, 0.5) is 0 Å². The van der Waals surface area contributed by atoms with E-state index in [0.717, 1.165) is 5.92 Å². The van der Waals surface area contributed by atoms with Crippen LogP contribution >= 0.6 is 0 Å². The van der Waals surface area contributed by atoms with Crippen molar-refractivity contribution in [3.63, 3.8) is 0 Å². The molecule has 0 aliphatic rings. The number of nitrogens with zero attached hydrogens (tertiary/aromatic N) is 2. The van der Waals surface area contributed by atoms with Gasteiger partial charge in [0.15, 0.2) is 0 Å². The molecule has 0 fully saturated rings. The molecular formula is C14H30N2. The van der Waals surface area contributed by atoms with Crippen molar-refractivity contribution in [3.8, 4) is 0 Å². The fraction of sp³-hybridized carbons (Fsp3) is 0.786. The number of rotatable bonds is 3. The second-order valence-electron chi connectivity index (χ2n) is 3.99. The average Bonchev–Trinajstić information content (AvgIpc) is 2.66. The zero-order chi connectivity index (χ0) is 13.0. The molecule has 0 amide bonds. The molecule has 0 aromatic carbocycles. The Morgan fingerprint density at radius 1 is 1.31 bits per heavy atom. The summed E-state index contributed by atoms with van der Waals surface area (Å²) in [6.07, 6.45) is 7.89. The van der Waals surface area contributed by atoms with Gasteiger partial charge in [0.25, 0.3) is 0 Å². The summed E-state index contributed by atoms with van der Waals surface area (Å²) < 4.78 is 1.79. The van der Waals surface area contributed by atoms with Crippen molar-refractivity contribution in [1.29, 1.82) is 0 Å². The van der Waals surface area contributed by atoms with E-state index in [2.05, 4.69) is 25.9 Å². The molecule has 0 aliphatic carbocycles. The van der Waals surface area contributed by atoms with Gasteiger partial charge < -0.3 is 0 Å². The molecular weight excluding hydrogens is 196 g/mol. The van der Waals surface area contributed by atoms with Gasteiger partial charge in [0.1, 0.15) is 0 Å². The Morgan fingerprint density at radius 3 is 2.00 bits per heavy atom. The van der Waals surface area contributed by atoms with Crippen molar-refractivity contribution < 1.29 is 0 Å². The van der Waals surface area contributed by atoms with Gasteiger partial charge >= 0.3 is 0 Å². The lowest BCUT2D eigenvalue weighted by Gasteiger charge is -2.02. The predicted molar refractivity (Wildman–Crippen MR) is 73.7 cm³/mol. The molecule has 2 heteroatoms. The van der Waals surface area contributed by atoms with Crippen LogP contribution in [0.3, 0.4) is 0 Å². The molecule has 96 valence electrons. The number of hydrogen-bond donors (Lipinski definition) is 0. The van der Waals surface area contributed by atoms with Gasteiger partial charge in [-0.25, -0.2) is 0 Å². The largest absolute Gasteiger partial charge is 0.276 e. The van der Waals surface area contributed by atoms with Crippen LogP contribution in [0.15, 0.2) is 12.4 Å². The Kier molecular flexibility index (Phi) is 13.5. The highest BCUT2D eigenvalue weighted by Crippen LogP contribution is 2.07. The minimum Gasteiger partial charge on any atom is -0.276 e. The first-order valence-electron chi connectivity index (χ1n) is 6.55. The van der Waals surface area contributed by atoms with E-state index < -0.39 is 0 Å². The summed E-state index contributed by atoms with van der Waals surface area (Å²) in [5.41, 5.74) is 1.21. The Morgan fingerprint density at radius 2 is 1.88 bits per heavy atom. The molecule has 0 saturated carbocycles. The van der Waals surface area contributed by atoms with E-state index >= 15 is 0 Å². The Balaban J connectivity index is 0. The van der Waals surface area contributed by atoms with Crippen molar-refractivity contribution >= 4 is 0 Å². The number of aromatic nitrogens is 2. The van der Waals surface area contributed by atoms with Crippen LogP contribution in [0.5, 0.6) is 0 Å². The molecule has 0 bridgehead atoms. The molecule has 16 heavy (non-hydrogen) atoms. The highest BCUT2D eigenvalue weighted by molar-refractivity contribution is 4.98. The van der Waals surface area contributed by atoms with E-state index in [1.165, 1.54) is 24.8 Å². The van der Waals surface area contributed by atoms with Crippen LogP contribution in [-0.2, 0) is 7.05 Å². The van der Waals surface area contributed by atoms with Gasteiger partial charge in [0.05, 0.1) is 6.20 Å². The lowest BCUT2D eigenvalue weighted by Crippen LogP contribution is -1.88. The van der Waals surface area contributed by atoms with Gasteiger partial charge in [-0.05, 0) is 18.4 Å². The monoisotopic (exact) mass is 226 g/mol. The van der Waals surface area contributed by atoms with E-state index in [0.29, 0.717) is 0 Å². The van der Waals surface area contributed by atoms with Gasteiger partial charge in [-0.2, -0.15) is 5.10 Å². The molecule has 2 nitrogen and oxygen atoms in total. The minimum atomic E-state index is 0.949. The van der Waals surface area contributed by atoms with E-state index in [1.54, 1.807) is 4.68 Å². The van der Waals surface area contributed by atoms with Crippen molar-refractivity contribution in [2.45, 2.75) is 60.8 Å². The Hall–Kier alpha value is -0.790. The van der Waals surface area contributed by atoms with E-state index in [9.17, 15) is 0 Å². The van der Waals surface area contributed by atoms with Gasteiger partial charge in [-0.15, -0.1) is 0 Å². The lowest BCUT2D eigenvalue weighted by molar-refractivity contribution is 0.509. The summed E-state index contributed by atoms with van der Waals surface area (Å²) in [7, 11) is 1.91. The highest BCUT2D eigenvalue weighted by Gasteiger charge is 1.92. The van der Waals surface area contributed by atoms with Crippen LogP contribution < -0.4 is 0 Å². The third-order valence-electron chi connectivity index (χ3n) is 2.31. The maximum Gasteiger partial charge on any atom is 0.0518 e. The standard InChI is InChI=1S/C7H16.C5H8N2.C2H6/c1-4-6-7(3)5-2;1-5-3-6-7(2)4-5;1-2/h7H,4-6H2,1-3H3;3-4H,1-2H3;1-2H3. The fourth-order valence-corrected chi connectivity index (χ4v) is 1.24. The minimum absolute atomic E-state index is 0.949. The van der Waals surface area contributed by atoms with Crippen LogP contribution in [0.2, 0.25) is 0 Å². The third kappa shape index (κ3) is 11.3. The van der Waals surface area contributed by atoms with Gasteiger partial charge in [0, 0.05) is 13.2 Å². The molecule has 0 aliphatic heterocycles. The lowest BCUT2D eigenvalue weighted by atomic mass is 10.0. The second-order valence-corrected chi connectivity index (χ2v) is 3.99. The van der Waals surface area contributed by atoms with E-state index in [-0.39, 0.29) is 0 Å². The number of aryl methyl sites for hydroxylation is 2. The molecule has 1 aromatic heterocycles. The SMILES string of the molecule is CC.CCCC(C)CC.Cc1cnn(C)c1. The normalized spacial score (nSPS) is 10.7. The van der Waals surface area contributed by atoms with Gasteiger partial charge in [-0.3, -0.25) is 4.68 Å². The van der Waals surface area contributed by atoms with Crippen molar-refractivity contribution in [2.75, 3.05) is 0 Å². The molecule has 1 unspecified atom stereocenters. The molecule has 0 N–H and O–H groups in total. The van der Waals surface area contributed by atoms with Crippen molar-refractivity contribution in [1.82, 2.24) is 9.78 Å². The summed E-state index contributed by atoms with van der Waals surface area (Å²) in [5.74, 6) is 0.949. The van der Waals surface area contributed by atoms with Crippen molar-refractivity contribution in [3.05, 3.63) is 18.0 Å². The van der Waals surface area contributed by atoms with Crippen LogP contribution in [-0.4, -0.2) is 9.78 Å². The maximum absolute atomic E-state index is 3.93. The first-order valence-corrected chi connectivity index (χ1v) is 6.55. The molecule has 1 rings (SSSR count). The van der Waals surface area contributed by atoms with Crippen LogP contribution in [0.25, 0.3) is 0 Å². The predicted octanol–water partition coefficient (Wildman–Crippen LogP) is 4.59. The molecule has 0 radical (unpaired) electrons. The van der Waals surface area contributed by atoms with Gasteiger partial charge in [0.2, 0.25) is 0 Å². The molecule has 1 heterocycles. The summed E-state index contributed by atoms with van der Waals surface area (Å²) in [6, 6.07) is 0. The molecule has 1 aromatic rings. The molecule has 1 atom stereocenters.